The number of nitrogens with one attached hydrogen (secondary N) is 1. The normalized spacial score (nSPS) is 20.2. The van der Waals surface area contributed by atoms with E-state index >= 15 is 0 Å². The Kier molecular flexibility index (Phi) is 6.17. The molecule has 2 fully saturated rings. The second-order valence-electron chi connectivity index (χ2n) is 8.54. The predicted molar refractivity (Wildman–Crippen MR) is 128 cm³/mol. The lowest BCUT2D eigenvalue weighted by Crippen LogP contribution is -2.53. The number of hydrogen-bond acceptors (Lipinski definition) is 6. The van der Waals surface area contributed by atoms with Crippen LogP contribution in [0.5, 0.6) is 5.75 Å². The number of carbonyl (C=O) groups excluding carboxylic acids is 3. The molecule has 34 heavy (non-hydrogen) atoms. The minimum Gasteiger partial charge on any atom is -0.508 e. The van der Waals surface area contributed by atoms with E-state index in [2.05, 4.69) is 5.32 Å². The van der Waals surface area contributed by atoms with Gasteiger partial charge in [-0.1, -0.05) is 30.3 Å². The molecule has 7 nitrogen and oxygen atoms in total. The maximum atomic E-state index is 13.5. The Balaban J connectivity index is 1.37. The first-order valence-electron chi connectivity index (χ1n) is 11.2. The highest BCUT2D eigenvalue weighted by atomic mass is 32.1. The number of benzene rings is 2. The van der Waals surface area contributed by atoms with Crippen molar-refractivity contribution in [2.75, 3.05) is 13.2 Å². The third kappa shape index (κ3) is 4.47. The SMILES string of the molecule is O=C(N[C@@H](Cc1cccc(O)c1)C(=O)N1CCC2OCC(=O)C21)c1ccc(-c2cccs2)cc1. The zero-order valence-corrected chi connectivity index (χ0v) is 19.2. The summed E-state index contributed by atoms with van der Waals surface area (Å²) in [6.45, 7) is 0.418. The number of fused-ring (bicyclic) bond motifs is 1. The van der Waals surface area contributed by atoms with Crippen LogP contribution in [-0.2, 0) is 20.7 Å². The minimum absolute atomic E-state index is 0.0132. The molecule has 0 spiro atoms. The topological polar surface area (TPSA) is 95.9 Å². The molecule has 0 bridgehead atoms. The van der Waals surface area contributed by atoms with Crippen molar-refractivity contribution in [3.8, 4) is 16.2 Å². The minimum atomic E-state index is -0.890. The Morgan fingerprint density at radius 2 is 1.97 bits per heavy atom. The van der Waals surface area contributed by atoms with Gasteiger partial charge in [-0.25, -0.2) is 0 Å². The van der Waals surface area contributed by atoms with Crippen molar-refractivity contribution in [1.82, 2.24) is 10.2 Å². The highest BCUT2D eigenvalue weighted by molar-refractivity contribution is 7.13. The van der Waals surface area contributed by atoms with Gasteiger partial charge in [0.25, 0.3) is 5.91 Å². The van der Waals surface area contributed by atoms with Gasteiger partial charge in [-0.15, -0.1) is 11.3 Å². The molecule has 3 aromatic rings. The maximum absolute atomic E-state index is 13.5. The number of carbonyl (C=O) groups is 3. The first-order valence-corrected chi connectivity index (χ1v) is 12.0. The molecule has 2 amide bonds. The second kappa shape index (κ2) is 9.40. The van der Waals surface area contributed by atoms with Gasteiger partial charge in [0.2, 0.25) is 5.91 Å². The van der Waals surface area contributed by atoms with E-state index in [1.165, 1.54) is 4.90 Å². The summed E-state index contributed by atoms with van der Waals surface area (Å²) in [5.41, 5.74) is 2.16. The zero-order chi connectivity index (χ0) is 23.7. The average Bonchev–Trinajstić information content (AvgIpc) is 3.58. The van der Waals surface area contributed by atoms with Gasteiger partial charge in [0, 0.05) is 23.4 Å². The lowest BCUT2D eigenvalue weighted by atomic mass is 10.0. The molecule has 0 aliphatic carbocycles. The van der Waals surface area contributed by atoms with Gasteiger partial charge in [0.15, 0.2) is 5.78 Å². The van der Waals surface area contributed by atoms with E-state index in [4.69, 9.17) is 4.74 Å². The summed E-state index contributed by atoms with van der Waals surface area (Å²) in [4.78, 5) is 41.6. The Bertz CT molecular complexity index is 1210. The van der Waals surface area contributed by atoms with Crippen molar-refractivity contribution in [3.63, 3.8) is 0 Å². The number of rotatable bonds is 6. The first kappa shape index (κ1) is 22.3. The molecule has 2 aliphatic rings. The number of ketones is 1. The Hall–Kier alpha value is -3.49. The van der Waals surface area contributed by atoms with Gasteiger partial charge in [0.05, 0.1) is 6.10 Å². The van der Waals surface area contributed by atoms with Gasteiger partial charge in [-0.05, 0) is 53.3 Å². The smallest absolute Gasteiger partial charge is 0.251 e. The van der Waals surface area contributed by atoms with E-state index in [9.17, 15) is 19.5 Å². The van der Waals surface area contributed by atoms with Crippen LogP contribution in [0.1, 0.15) is 22.3 Å². The molecule has 3 atom stereocenters. The molecule has 2 saturated heterocycles. The molecule has 0 saturated carbocycles. The van der Waals surface area contributed by atoms with Crippen LogP contribution in [0.15, 0.2) is 66.0 Å². The van der Waals surface area contributed by atoms with E-state index in [1.807, 2.05) is 29.6 Å². The van der Waals surface area contributed by atoms with Crippen molar-refractivity contribution < 1.29 is 24.2 Å². The number of aromatic hydroxyl groups is 1. The van der Waals surface area contributed by atoms with Crippen LogP contribution in [0.2, 0.25) is 0 Å². The van der Waals surface area contributed by atoms with E-state index in [-0.39, 0.29) is 42.5 Å². The summed E-state index contributed by atoms with van der Waals surface area (Å²) >= 11 is 1.62. The third-order valence-electron chi connectivity index (χ3n) is 6.30. The fourth-order valence-electron chi connectivity index (χ4n) is 4.63. The van der Waals surface area contributed by atoms with E-state index in [1.54, 1.807) is 47.7 Å². The summed E-state index contributed by atoms with van der Waals surface area (Å²) in [6.07, 6.45) is 0.507. The van der Waals surface area contributed by atoms with Gasteiger partial charge >= 0.3 is 0 Å². The van der Waals surface area contributed by atoms with E-state index < -0.39 is 12.1 Å². The highest BCUT2D eigenvalue weighted by Crippen LogP contribution is 2.28. The molecule has 5 rings (SSSR count). The van der Waals surface area contributed by atoms with Crippen LogP contribution >= 0.6 is 11.3 Å². The number of ether oxygens (including phenoxy) is 1. The second-order valence-corrected chi connectivity index (χ2v) is 9.48. The molecule has 2 aromatic carbocycles. The molecular formula is C26H24N2O5S. The largest absolute Gasteiger partial charge is 0.508 e. The van der Waals surface area contributed by atoms with Crippen LogP contribution in [-0.4, -0.2) is 58.9 Å². The monoisotopic (exact) mass is 476 g/mol. The molecule has 8 heteroatoms. The number of phenolic OH excluding ortho intramolecular Hbond substituents is 1. The summed E-state index contributed by atoms with van der Waals surface area (Å²) < 4.78 is 5.51. The number of hydrogen-bond donors (Lipinski definition) is 2. The molecule has 2 unspecified atom stereocenters. The fourth-order valence-corrected chi connectivity index (χ4v) is 5.36. The van der Waals surface area contributed by atoms with Crippen LogP contribution < -0.4 is 5.32 Å². The number of likely N-dealkylation sites (tertiary alicyclic amines) is 1. The first-order chi connectivity index (χ1) is 16.5. The number of amides is 2. The summed E-state index contributed by atoms with van der Waals surface area (Å²) in [7, 11) is 0. The van der Waals surface area contributed by atoms with Crippen molar-refractivity contribution in [2.45, 2.75) is 31.0 Å². The number of Topliss-reactive ketones (excluding diaryl/α,β-unsaturated/α-hetero) is 1. The lowest BCUT2D eigenvalue weighted by Gasteiger charge is -2.27. The number of nitrogens with zero attached hydrogens (tertiary/aromatic N) is 1. The molecular weight excluding hydrogens is 452 g/mol. The lowest BCUT2D eigenvalue weighted by molar-refractivity contribution is -0.138. The molecule has 0 radical (unpaired) electrons. The molecule has 174 valence electrons. The quantitative estimate of drug-likeness (QED) is 0.570. The Labute approximate surface area is 201 Å². The molecule has 1 aromatic heterocycles. The summed E-state index contributed by atoms with van der Waals surface area (Å²) in [5, 5.41) is 14.7. The van der Waals surface area contributed by atoms with Crippen LogP contribution in [0.25, 0.3) is 10.4 Å². The zero-order valence-electron chi connectivity index (χ0n) is 18.3. The van der Waals surface area contributed by atoms with Crippen molar-refractivity contribution in [3.05, 3.63) is 77.2 Å². The van der Waals surface area contributed by atoms with E-state index in [0.29, 0.717) is 24.1 Å². The summed E-state index contributed by atoms with van der Waals surface area (Å²) in [6, 6.07) is 16.3. The van der Waals surface area contributed by atoms with Crippen molar-refractivity contribution in [1.29, 1.82) is 0 Å². The maximum Gasteiger partial charge on any atom is 0.251 e. The van der Waals surface area contributed by atoms with Crippen molar-refractivity contribution in [2.24, 2.45) is 0 Å². The molecule has 2 N–H and O–H groups in total. The third-order valence-corrected chi connectivity index (χ3v) is 7.22. The van der Waals surface area contributed by atoms with Gasteiger partial charge in [-0.3, -0.25) is 14.4 Å². The van der Waals surface area contributed by atoms with Gasteiger partial charge in [-0.2, -0.15) is 0 Å². The fraction of sp³-hybridized carbons (Fsp3) is 0.269. The van der Waals surface area contributed by atoms with Gasteiger partial charge < -0.3 is 20.1 Å². The number of phenols is 1. The highest BCUT2D eigenvalue weighted by Gasteiger charge is 2.48. The standard InChI is InChI=1S/C26H24N2O5S/c29-19-4-1-3-16(13-19)14-20(26(32)28-11-10-22-24(28)21(30)15-33-22)27-25(31)18-8-6-17(7-9-18)23-5-2-12-34-23/h1-9,12-13,20,22,24,29H,10-11,14-15H2,(H,27,31)/t20-,22?,24?/m0/s1. The molecule has 3 heterocycles. The van der Waals surface area contributed by atoms with Crippen LogP contribution in [0, 0.1) is 0 Å². The Morgan fingerprint density at radius 1 is 1.15 bits per heavy atom. The Morgan fingerprint density at radius 3 is 2.71 bits per heavy atom. The predicted octanol–water partition coefficient (Wildman–Crippen LogP) is 3.03. The van der Waals surface area contributed by atoms with Crippen LogP contribution in [0.4, 0.5) is 0 Å². The van der Waals surface area contributed by atoms with Crippen LogP contribution in [0.3, 0.4) is 0 Å². The van der Waals surface area contributed by atoms with Gasteiger partial charge in [0.1, 0.15) is 24.4 Å². The van der Waals surface area contributed by atoms with Crippen molar-refractivity contribution >= 4 is 28.9 Å². The average molecular weight is 477 g/mol. The van der Waals surface area contributed by atoms with E-state index in [0.717, 1.165) is 10.4 Å². The summed E-state index contributed by atoms with van der Waals surface area (Å²) in [5.74, 6) is -0.721. The number of thiophene rings is 1. The molecule has 2 aliphatic heterocycles.